The van der Waals surface area contributed by atoms with Crippen molar-refractivity contribution in [1.82, 2.24) is 5.32 Å². The van der Waals surface area contributed by atoms with Gasteiger partial charge in [0.15, 0.2) is 0 Å². The molecule has 0 radical (unpaired) electrons. The van der Waals surface area contributed by atoms with E-state index in [4.69, 9.17) is 15.6 Å². The van der Waals surface area contributed by atoms with E-state index in [1.807, 2.05) is 0 Å². The van der Waals surface area contributed by atoms with Crippen molar-refractivity contribution in [3.8, 4) is 0 Å². The number of hydrogen-bond acceptors (Lipinski definition) is 4. The molecule has 3 atom stereocenters. The Morgan fingerprint density at radius 2 is 2.20 bits per heavy atom. The molecule has 0 spiro atoms. The highest BCUT2D eigenvalue weighted by Crippen LogP contribution is 2.21. The van der Waals surface area contributed by atoms with Crippen molar-refractivity contribution < 1.29 is 19.4 Å². The summed E-state index contributed by atoms with van der Waals surface area (Å²) in [7, 11) is 0. The van der Waals surface area contributed by atoms with E-state index < -0.39 is 18.1 Å². The Balaban J connectivity index is 2.74. The number of carboxylic acid groups (broad SMARTS) is 1. The molecule has 0 saturated heterocycles. The second-order valence-electron chi connectivity index (χ2n) is 5.13. The predicted octanol–water partition coefficient (Wildman–Crippen LogP) is 0.809. The Hall–Kier alpha value is -1.40. The lowest BCUT2D eigenvalue weighted by molar-refractivity contribution is -0.133. The third-order valence-electron chi connectivity index (χ3n) is 3.34. The molecule has 6 nitrogen and oxygen atoms in total. The molecule has 0 bridgehead atoms. The maximum absolute atomic E-state index is 11.2. The van der Waals surface area contributed by atoms with Crippen molar-refractivity contribution in [3.63, 3.8) is 0 Å². The summed E-state index contributed by atoms with van der Waals surface area (Å²) in [4.78, 5) is 22.3. The molecule has 0 saturated carbocycles. The van der Waals surface area contributed by atoms with Gasteiger partial charge in [0.2, 0.25) is 5.91 Å². The highest BCUT2D eigenvalue weighted by atomic mass is 16.5. The lowest BCUT2D eigenvalue weighted by Gasteiger charge is -2.34. The molecule has 0 aromatic carbocycles. The van der Waals surface area contributed by atoms with Crippen molar-refractivity contribution in [2.45, 2.75) is 57.7 Å². The highest BCUT2D eigenvalue weighted by molar-refractivity contribution is 5.87. The molecule has 114 valence electrons. The van der Waals surface area contributed by atoms with Gasteiger partial charge in [0.05, 0.1) is 12.1 Å². The highest BCUT2D eigenvalue weighted by Gasteiger charge is 2.34. The second kappa shape index (κ2) is 8.01. The summed E-state index contributed by atoms with van der Waals surface area (Å²) in [6, 6.07) is -0.830. The smallest absolute Gasteiger partial charge is 0.331 e. The van der Waals surface area contributed by atoms with Crippen molar-refractivity contribution in [1.29, 1.82) is 0 Å². The van der Waals surface area contributed by atoms with Gasteiger partial charge in [-0.05, 0) is 18.9 Å². The first kappa shape index (κ1) is 16.7. The number of hydrogen-bond donors (Lipinski definition) is 3. The van der Waals surface area contributed by atoms with E-state index in [1.165, 1.54) is 6.92 Å². The van der Waals surface area contributed by atoms with E-state index >= 15 is 0 Å². The number of carboxylic acids is 1. The first-order valence-corrected chi connectivity index (χ1v) is 7.04. The zero-order valence-corrected chi connectivity index (χ0v) is 12.1. The molecule has 0 heterocycles. The lowest BCUT2D eigenvalue weighted by Crippen LogP contribution is -2.56. The number of carbonyl (C=O) groups excluding carboxylic acids is 1. The minimum atomic E-state index is -0.983. The molecule has 0 unspecified atom stereocenters. The molecule has 0 aromatic heterocycles. The van der Waals surface area contributed by atoms with E-state index in [-0.39, 0.29) is 23.9 Å². The molecule has 1 rings (SSSR count). The molecule has 20 heavy (non-hydrogen) atoms. The number of unbranched alkanes of at least 4 members (excludes halogenated alkanes) is 2. The van der Waals surface area contributed by atoms with Crippen LogP contribution in [-0.2, 0) is 14.3 Å². The largest absolute Gasteiger partial charge is 0.478 e. The quantitative estimate of drug-likeness (QED) is 0.600. The van der Waals surface area contributed by atoms with Gasteiger partial charge in [-0.1, -0.05) is 19.8 Å². The van der Waals surface area contributed by atoms with Crippen molar-refractivity contribution >= 4 is 11.9 Å². The molecule has 4 N–H and O–H groups in total. The standard InChI is InChI=1S/C14H24N2O4/c1-3-4-5-6-20-12-8-10(14(18)19)7-11(15)13(12)16-9(2)17/h8,11-13H,3-7,15H2,1-2H3,(H,16,17)(H,18,19)/t11-,12+,13+/m0/s1. The van der Waals surface area contributed by atoms with Gasteiger partial charge in [0.1, 0.15) is 0 Å². The molecular formula is C14H24N2O4. The van der Waals surface area contributed by atoms with Gasteiger partial charge in [-0.3, -0.25) is 4.79 Å². The number of nitrogens with one attached hydrogen (secondary N) is 1. The first-order valence-electron chi connectivity index (χ1n) is 7.04. The van der Waals surface area contributed by atoms with Gasteiger partial charge in [0, 0.05) is 25.1 Å². The minimum absolute atomic E-state index is 0.195. The van der Waals surface area contributed by atoms with Gasteiger partial charge >= 0.3 is 5.97 Å². The van der Waals surface area contributed by atoms with Crippen LogP contribution in [0.1, 0.15) is 39.5 Å². The Morgan fingerprint density at radius 3 is 2.75 bits per heavy atom. The molecule has 1 aliphatic carbocycles. The van der Waals surface area contributed by atoms with Gasteiger partial charge < -0.3 is 20.9 Å². The van der Waals surface area contributed by atoms with Crippen LogP contribution in [0.2, 0.25) is 0 Å². The molecule has 0 fully saturated rings. The fourth-order valence-electron chi connectivity index (χ4n) is 2.30. The van der Waals surface area contributed by atoms with Crippen LogP contribution >= 0.6 is 0 Å². The fourth-order valence-corrected chi connectivity index (χ4v) is 2.30. The molecule has 0 aromatic rings. The van der Waals surface area contributed by atoms with Crippen LogP contribution in [0.4, 0.5) is 0 Å². The zero-order valence-electron chi connectivity index (χ0n) is 12.1. The van der Waals surface area contributed by atoms with E-state index in [0.29, 0.717) is 6.61 Å². The van der Waals surface area contributed by atoms with Crippen LogP contribution in [0.3, 0.4) is 0 Å². The van der Waals surface area contributed by atoms with Crippen molar-refractivity contribution in [3.05, 3.63) is 11.6 Å². The van der Waals surface area contributed by atoms with Gasteiger partial charge in [0.25, 0.3) is 0 Å². The Labute approximate surface area is 119 Å². The van der Waals surface area contributed by atoms with Crippen molar-refractivity contribution in [2.75, 3.05) is 6.61 Å². The van der Waals surface area contributed by atoms with Crippen LogP contribution in [0.15, 0.2) is 11.6 Å². The van der Waals surface area contributed by atoms with E-state index in [9.17, 15) is 9.59 Å². The van der Waals surface area contributed by atoms with Crippen LogP contribution in [0, 0.1) is 0 Å². The van der Waals surface area contributed by atoms with Crippen molar-refractivity contribution in [2.24, 2.45) is 5.73 Å². The average Bonchev–Trinajstić information content (AvgIpc) is 2.37. The average molecular weight is 284 g/mol. The summed E-state index contributed by atoms with van der Waals surface area (Å²) in [6.07, 6.45) is 4.36. The maximum Gasteiger partial charge on any atom is 0.331 e. The SMILES string of the molecule is CCCCCO[C@@H]1C=C(C(=O)O)C[C@H](N)[C@H]1NC(C)=O. The summed E-state index contributed by atoms with van der Waals surface area (Å²) in [5.41, 5.74) is 6.23. The van der Waals surface area contributed by atoms with Crippen LogP contribution in [0.25, 0.3) is 0 Å². The molecular weight excluding hydrogens is 260 g/mol. The number of aliphatic carboxylic acids is 1. The maximum atomic E-state index is 11.2. The number of nitrogens with two attached hydrogens (primary N) is 1. The summed E-state index contributed by atoms with van der Waals surface area (Å²) >= 11 is 0. The normalized spacial score (nSPS) is 25.9. The lowest BCUT2D eigenvalue weighted by atomic mass is 9.88. The van der Waals surface area contributed by atoms with E-state index in [2.05, 4.69) is 12.2 Å². The number of ether oxygens (including phenoxy) is 1. The predicted molar refractivity (Wildman–Crippen MR) is 75.2 cm³/mol. The Kier molecular flexibility index (Phi) is 6.67. The summed E-state index contributed by atoms with van der Waals surface area (Å²) < 4.78 is 5.71. The summed E-state index contributed by atoms with van der Waals surface area (Å²) in [5, 5.41) is 11.8. The number of rotatable bonds is 7. The van der Waals surface area contributed by atoms with Gasteiger partial charge in [-0.15, -0.1) is 0 Å². The Bertz CT molecular complexity index is 381. The van der Waals surface area contributed by atoms with Gasteiger partial charge in [-0.2, -0.15) is 0 Å². The van der Waals surface area contributed by atoms with Gasteiger partial charge in [-0.25, -0.2) is 4.79 Å². The van der Waals surface area contributed by atoms with Crippen LogP contribution in [-0.4, -0.2) is 41.8 Å². The fraction of sp³-hybridized carbons (Fsp3) is 0.714. The van der Waals surface area contributed by atoms with E-state index in [1.54, 1.807) is 6.08 Å². The Morgan fingerprint density at radius 1 is 1.50 bits per heavy atom. The third-order valence-corrected chi connectivity index (χ3v) is 3.34. The topological polar surface area (TPSA) is 102 Å². The zero-order chi connectivity index (χ0) is 15.1. The summed E-state index contributed by atoms with van der Waals surface area (Å²) in [5.74, 6) is -1.18. The number of amides is 1. The number of carbonyl (C=O) groups is 2. The molecule has 6 heteroatoms. The van der Waals surface area contributed by atoms with E-state index in [0.717, 1.165) is 19.3 Å². The molecule has 1 amide bonds. The minimum Gasteiger partial charge on any atom is -0.478 e. The second-order valence-corrected chi connectivity index (χ2v) is 5.13. The van der Waals surface area contributed by atoms with Crippen LogP contribution < -0.4 is 11.1 Å². The monoisotopic (exact) mass is 284 g/mol. The molecule has 1 aliphatic rings. The van der Waals surface area contributed by atoms with Crippen LogP contribution in [0.5, 0.6) is 0 Å². The first-order chi connectivity index (χ1) is 9.45. The molecule has 0 aliphatic heterocycles. The summed E-state index contributed by atoms with van der Waals surface area (Å²) in [6.45, 7) is 4.04. The third kappa shape index (κ3) is 4.94.